The van der Waals surface area contributed by atoms with E-state index in [1.165, 1.54) is 6.07 Å². The molecule has 0 saturated heterocycles. The van der Waals surface area contributed by atoms with Gasteiger partial charge in [0.15, 0.2) is 0 Å². The van der Waals surface area contributed by atoms with E-state index in [0.717, 1.165) is 17.5 Å². The third-order valence-corrected chi connectivity index (χ3v) is 4.23. The Morgan fingerprint density at radius 2 is 1.96 bits per heavy atom. The third-order valence-electron chi connectivity index (χ3n) is 4.23. The molecule has 0 fully saturated rings. The molecule has 0 aromatic heterocycles. The van der Waals surface area contributed by atoms with Gasteiger partial charge in [-0.25, -0.2) is 0 Å². The monoisotopic (exact) mass is 373 g/mol. The molecule has 0 aliphatic rings. The van der Waals surface area contributed by atoms with Crippen LogP contribution in [-0.4, -0.2) is 41.0 Å². The molecule has 0 spiro atoms. The lowest BCUT2D eigenvalue weighted by Crippen LogP contribution is -2.23. The smallest absolute Gasteiger partial charge is 0.310 e. The largest absolute Gasteiger partial charge is 0.508 e. The summed E-state index contributed by atoms with van der Waals surface area (Å²) in [6.45, 7) is 2.92. The molecule has 4 N–H and O–H groups in total. The van der Waals surface area contributed by atoms with Gasteiger partial charge in [-0.3, -0.25) is 4.79 Å². The average Bonchev–Trinajstić information content (AvgIpc) is 2.66. The zero-order valence-electron chi connectivity index (χ0n) is 15.5. The van der Waals surface area contributed by atoms with E-state index >= 15 is 0 Å². The van der Waals surface area contributed by atoms with Crippen molar-refractivity contribution in [2.45, 2.75) is 32.5 Å². The standard InChI is InChI=1S/C21H27NO5/c1-2-27-21(26)11-16-5-3-4-15(10-16)8-9-22-13-20(25)17-6-7-19(24)18(12-17)14-23/h3-7,10,12,20,22-25H,2,8-9,11,13-14H2,1H3/t20-/m0/s1. The molecule has 0 bridgehead atoms. The van der Waals surface area contributed by atoms with Gasteiger partial charge in [-0.15, -0.1) is 0 Å². The SMILES string of the molecule is CCOC(=O)Cc1cccc(CCNC[C@H](O)c2ccc(O)c(CO)c2)c1. The summed E-state index contributed by atoms with van der Waals surface area (Å²) in [5, 5.41) is 32.2. The summed E-state index contributed by atoms with van der Waals surface area (Å²) in [6, 6.07) is 12.5. The number of phenols is 1. The molecule has 0 unspecified atom stereocenters. The van der Waals surface area contributed by atoms with E-state index < -0.39 is 6.10 Å². The fourth-order valence-corrected chi connectivity index (χ4v) is 2.80. The number of ether oxygens (including phenoxy) is 1. The molecular weight excluding hydrogens is 346 g/mol. The Bertz CT molecular complexity index is 747. The maximum Gasteiger partial charge on any atom is 0.310 e. The van der Waals surface area contributed by atoms with Crippen molar-refractivity contribution in [2.24, 2.45) is 0 Å². The van der Waals surface area contributed by atoms with Crippen LogP contribution in [0.5, 0.6) is 5.75 Å². The molecule has 0 amide bonds. The van der Waals surface area contributed by atoms with E-state index in [0.29, 0.717) is 30.8 Å². The first-order chi connectivity index (χ1) is 13.0. The van der Waals surface area contributed by atoms with E-state index in [1.807, 2.05) is 24.3 Å². The summed E-state index contributed by atoms with van der Waals surface area (Å²) in [4.78, 5) is 11.6. The summed E-state index contributed by atoms with van der Waals surface area (Å²) in [5.41, 5.74) is 3.06. The number of carbonyl (C=O) groups excluding carboxylic acids is 1. The number of aliphatic hydroxyl groups is 2. The number of rotatable bonds is 10. The van der Waals surface area contributed by atoms with Crippen molar-refractivity contribution < 1.29 is 24.9 Å². The van der Waals surface area contributed by atoms with Crippen LogP contribution in [0.4, 0.5) is 0 Å². The highest BCUT2D eigenvalue weighted by atomic mass is 16.5. The molecule has 2 aromatic carbocycles. The van der Waals surface area contributed by atoms with Gasteiger partial charge in [-0.05, 0) is 48.7 Å². The van der Waals surface area contributed by atoms with Crippen LogP contribution in [0, 0.1) is 0 Å². The first-order valence-electron chi connectivity index (χ1n) is 9.08. The Balaban J connectivity index is 1.80. The highest BCUT2D eigenvalue weighted by Crippen LogP contribution is 2.22. The number of carbonyl (C=O) groups is 1. The third kappa shape index (κ3) is 6.67. The van der Waals surface area contributed by atoms with Gasteiger partial charge in [-0.2, -0.15) is 0 Å². The Labute approximate surface area is 159 Å². The second-order valence-corrected chi connectivity index (χ2v) is 6.32. The molecule has 0 aliphatic carbocycles. The predicted octanol–water partition coefficient (Wildman–Crippen LogP) is 1.86. The summed E-state index contributed by atoms with van der Waals surface area (Å²) in [7, 11) is 0. The molecule has 2 aromatic rings. The van der Waals surface area contributed by atoms with Crippen molar-refractivity contribution in [3.05, 3.63) is 64.7 Å². The van der Waals surface area contributed by atoms with E-state index in [-0.39, 0.29) is 24.7 Å². The maximum absolute atomic E-state index is 11.6. The Morgan fingerprint density at radius 1 is 1.19 bits per heavy atom. The zero-order valence-corrected chi connectivity index (χ0v) is 15.5. The molecule has 27 heavy (non-hydrogen) atoms. The summed E-state index contributed by atoms with van der Waals surface area (Å²) >= 11 is 0. The molecule has 0 saturated carbocycles. The number of hydrogen-bond donors (Lipinski definition) is 4. The van der Waals surface area contributed by atoms with Crippen molar-refractivity contribution in [3.8, 4) is 5.75 Å². The Morgan fingerprint density at radius 3 is 2.70 bits per heavy atom. The first-order valence-corrected chi connectivity index (χ1v) is 9.08. The van der Waals surface area contributed by atoms with Gasteiger partial charge < -0.3 is 25.4 Å². The molecule has 0 heterocycles. The van der Waals surface area contributed by atoms with Crippen LogP contribution >= 0.6 is 0 Å². The molecule has 1 atom stereocenters. The van der Waals surface area contributed by atoms with E-state index in [9.17, 15) is 20.1 Å². The van der Waals surface area contributed by atoms with Gasteiger partial charge in [0, 0.05) is 12.1 Å². The fourth-order valence-electron chi connectivity index (χ4n) is 2.80. The molecule has 0 radical (unpaired) electrons. The Kier molecular flexibility index (Phi) is 8.26. The zero-order chi connectivity index (χ0) is 19.6. The Hall–Kier alpha value is -2.41. The summed E-state index contributed by atoms with van der Waals surface area (Å²) < 4.78 is 4.97. The number of hydrogen-bond acceptors (Lipinski definition) is 6. The second-order valence-electron chi connectivity index (χ2n) is 6.32. The quantitative estimate of drug-likeness (QED) is 0.375. The van der Waals surface area contributed by atoms with Crippen molar-refractivity contribution in [3.63, 3.8) is 0 Å². The van der Waals surface area contributed by atoms with Crippen molar-refractivity contribution in [1.82, 2.24) is 5.32 Å². The number of benzene rings is 2. The predicted molar refractivity (Wildman–Crippen MR) is 102 cm³/mol. The first kappa shape index (κ1) is 20.9. The molecule has 2 rings (SSSR count). The summed E-state index contributed by atoms with van der Waals surface area (Å²) in [5.74, 6) is -0.212. The fraction of sp³-hybridized carbons (Fsp3) is 0.381. The van der Waals surface area contributed by atoms with Crippen LogP contribution in [0.2, 0.25) is 0 Å². The number of aromatic hydroxyl groups is 1. The second kappa shape index (κ2) is 10.7. The molecule has 6 heteroatoms. The highest BCUT2D eigenvalue weighted by Gasteiger charge is 2.10. The minimum absolute atomic E-state index is 0.0177. The van der Waals surface area contributed by atoms with E-state index in [4.69, 9.17) is 4.74 Å². The van der Waals surface area contributed by atoms with Crippen molar-refractivity contribution in [1.29, 1.82) is 0 Å². The van der Waals surface area contributed by atoms with Crippen molar-refractivity contribution in [2.75, 3.05) is 19.7 Å². The lowest BCUT2D eigenvalue weighted by molar-refractivity contribution is -0.142. The average molecular weight is 373 g/mol. The normalized spacial score (nSPS) is 12.0. The van der Waals surface area contributed by atoms with Gasteiger partial charge in [0.25, 0.3) is 0 Å². The van der Waals surface area contributed by atoms with Crippen LogP contribution in [0.15, 0.2) is 42.5 Å². The van der Waals surface area contributed by atoms with Crippen LogP contribution in [0.3, 0.4) is 0 Å². The van der Waals surface area contributed by atoms with Gasteiger partial charge in [0.05, 0.1) is 25.7 Å². The lowest BCUT2D eigenvalue weighted by atomic mass is 10.0. The minimum Gasteiger partial charge on any atom is -0.508 e. The van der Waals surface area contributed by atoms with Crippen LogP contribution < -0.4 is 5.32 Å². The van der Waals surface area contributed by atoms with Gasteiger partial charge in [-0.1, -0.05) is 30.3 Å². The van der Waals surface area contributed by atoms with Gasteiger partial charge in [0.1, 0.15) is 5.75 Å². The van der Waals surface area contributed by atoms with Crippen LogP contribution in [-0.2, 0) is 29.0 Å². The van der Waals surface area contributed by atoms with Crippen LogP contribution in [0.1, 0.15) is 35.3 Å². The van der Waals surface area contributed by atoms with Gasteiger partial charge in [0.2, 0.25) is 0 Å². The number of nitrogens with one attached hydrogen (secondary N) is 1. The topological polar surface area (TPSA) is 99.0 Å². The molecule has 146 valence electrons. The lowest BCUT2D eigenvalue weighted by Gasteiger charge is -2.14. The molecular formula is C21H27NO5. The van der Waals surface area contributed by atoms with Gasteiger partial charge >= 0.3 is 5.97 Å². The molecule has 0 aliphatic heterocycles. The molecule has 6 nitrogen and oxygen atoms in total. The van der Waals surface area contributed by atoms with E-state index in [2.05, 4.69) is 5.32 Å². The minimum atomic E-state index is -0.731. The number of esters is 1. The number of aliphatic hydroxyl groups excluding tert-OH is 2. The summed E-state index contributed by atoms with van der Waals surface area (Å²) in [6.07, 6.45) is 0.300. The van der Waals surface area contributed by atoms with Crippen LogP contribution in [0.25, 0.3) is 0 Å². The maximum atomic E-state index is 11.6. The van der Waals surface area contributed by atoms with E-state index in [1.54, 1.807) is 19.1 Å². The highest BCUT2D eigenvalue weighted by molar-refractivity contribution is 5.72. The van der Waals surface area contributed by atoms with Crippen molar-refractivity contribution >= 4 is 5.97 Å².